The molecule has 2 rings (SSSR count). The molecule has 179 valence electrons. The van der Waals surface area contributed by atoms with Crippen LogP contribution in [0.5, 0.6) is 0 Å². The number of benzene rings is 2. The first-order valence-electron chi connectivity index (χ1n) is 9.93. The van der Waals surface area contributed by atoms with Gasteiger partial charge in [0.15, 0.2) is 17.9 Å². The molecule has 1 radical (unpaired) electrons. The monoisotopic (exact) mass is 593 g/mol. The van der Waals surface area contributed by atoms with Gasteiger partial charge in [-0.3, -0.25) is 14.4 Å². The molecule has 2 N–H and O–H groups in total. The normalized spacial score (nSPS) is 12.5. The Labute approximate surface area is 206 Å². The van der Waals surface area contributed by atoms with Crippen LogP contribution in [0.1, 0.15) is 41.5 Å². The Kier molecular flexibility index (Phi) is 9.46. The van der Waals surface area contributed by atoms with Gasteiger partial charge in [0, 0.05) is 3.57 Å². The van der Waals surface area contributed by atoms with Crippen molar-refractivity contribution in [3.8, 4) is 0 Å². The third kappa shape index (κ3) is 7.26. The van der Waals surface area contributed by atoms with Crippen molar-refractivity contribution in [2.24, 2.45) is 5.41 Å². The van der Waals surface area contributed by atoms with Gasteiger partial charge in [-0.25, -0.2) is 18.7 Å². The molecule has 2 aromatic rings. The van der Waals surface area contributed by atoms with Crippen LogP contribution in [0.15, 0.2) is 24.3 Å². The van der Waals surface area contributed by atoms with E-state index < -0.39 is 49.2 Å². The molecule has 1 unspecified atom stereocenters. The molecule has 6 nitrogen and oxygen atoms in total. The van der Waals surface area contributed by atoms with Crippen molar-refractivity contribution < 1.29 is 32.0 Å². The lowest BCUT2D eigenvalue weighted by molar-refractivity contribution is -0.0390. The Morgan fingerprint density at radius 1 is 1.18 bits per heavy atom. The van der Waals surface area contributed by atoms with Gasteiger partial charge in [0.25, 0.3) is 5.91 Å². The van der Waals surface area contributed by atoms with E-state index in [-0.39, 0.29) is 30.1 Å². The largest absolute Gasteiger partial charge is 0.411 e. The zero-order chi connectivity index (χ0) is 24.9. The van der Waals surface area contributed by atoms with E-state index >= 15 is 0 Å². The zero-order valence-electron chi connectivity index (χ0n) is 18.8. The quantitative estimate of drug-likeness (QED) is 0.171. The van der Waals surface area contributed by atoms with Crippen LogP contribution in [0.25, 0.3) is 0 Å². The SMILES string of the molecule is C[Si](C)OC(CONC(=O)c1cc(C=O)c(F)c(F)c1Nc1ccc(I)cc1F)C(C)(C)C. The summed E-state index contributed by atoms with van der Waals surface area (Å²) in [5.41, 5.74) is -0.00720. The molecule has 1 atom stereocenters. The predicted octanol–water partition coefficient (Wildman–Crippen LogP) is 5.61. The van der Waals surface area contributed by atoms with Crippen molar-refractivity contribution in [3.63, 3.8) is 0 Å². The number of aldehydes is 1. The van der Waals surface area contributed by atoms with Crippen molar-refractivity contribution in [2.45, 2.75) is 40.0 Å². The van der Waals surface area contributed by atoms with Gasteiger partial charge < -0.3 is 9.74 Å². The molecule has 1 amide bonds. The first-order chi connectivity index (χ1) is 15.3. The highest BCUT2D eigenvalue weighted by atomic mass is 127. The van der Waals surface area contributed by atoms with Crippen molar-refractivity contribution in [3.05, 3.63) is 56.4 Å². The fraction of sp³-hybridized carbons (Fsp3) is 0.364. The van der Waals surface area contributed by atoms with Crippen molar-refractivity contribution in [1.29, 1.82) is 0 Å². The summed E-state index contributed by atoms with van der Waals surface area (Å²) in [6.07, 6.45) is -0.253. The average Bonchev–Trinajstić information content (AvgIpc) is 2.71. The maximum Gasteiger partial charge on any atom is 0.277 e. The second-order valence-electron chi connectivity index (χ2n) is 8.51. The summed E-state index contributed by atoms with van der Waals surface area (Å²) in [5.74, 6) is -4.64. The highest BCUT2D eigenvalue weighted by Gasteiger charge is 2.28. The molecule has 0 aliphatic rings. The number of nitrogens with one attached hydrogen (secondary N) is 2. The minimum Gasteiger partial charge on any atom is -0.411 e. The maximum atomic E-state index is 14.8. The molecule has 11 heteroatoms. The van der Waals surface area contributed by atoms with E-state index in [1.54, 1.807) is 6.07 Å². The Bertz CT molecular complexity index is 1030. The molecule has 0 aliphatic carbocycles. The minimum absolute atomic E-state index is 0.00378. The summed E-state index contributed by atoms with van der Waals surface area (Å²) in [6, 6.07) is 4.92. The van der Waals surface area contributed by atoms with Crippen molar-refractivity contribution in [1.82, 2.24) is 5.48 Å². The smallest absolute Gasteiger partial charge is 0.277 e. The number of carbonyl (C=O) groups is 2. The van der Waals surface area contributed by atoms with E-state index in [0.717, 1.165) is 6.07 Å². The molecule has 0 bridgehead atoms. The van der Waals surface area contributed by atoms with Gasteiger partial charge in [-0.2, -0.15) is 0 Å². The molecular formula is C22H25F3IN2O4Si. The van der Waals surface area contributed by atoms with E-state index in [4.69, 9.17) is 9.26 Å². The third-order valence-electron chi connectivity index (χ3n) is 4.54. The summed E-state index contributed by atoms with van der Waals surface area (Å²) < 4.78 is 49.8. The lowest BCUT2D eigenvalue weighted by Crippen LogP contribution is -2.39. The van der Waals surface area contributed by atoms with Gasteiger partial charge in [-0.1, -0.05) is 20.8 Å². The zero-order valence-corrected chi connectivity index (χ0v) is 22.0. The highest BCUT2D eigenvalue weighted by Crippen LogP contribution is 2.30. The summed E-state index contributed by atoms with van der Waals surface area (Å²) in [6.45, 7) is 9.80. The van der Waals surface area contributed by atoms with E-state index in [1.165, 1.54) is 12.1 Å². The van der Waals surface area contributed by atoms with Gasteiger partial charge in [-0.05, 0) is 65.4 Å². The van der Waals surface area contributed by atoms with Crippen LogP contribution < -0.4 is 10.8 Å². The Hall–Kier alpha value is -1.96. The number of rotatable bonds is 9. The fourth-order valence-electron chi connectivity index (χ4n) is 2.74. The number of amides is 1. The molecule has 0 fully saturated rings. The first kappa shape index (κ1) is 27.3. The third-order valence-corrected chi connectivity index (χ3v) is 5.97. The Morgan fingerprint density at radius 3 is 2.39 bits per heavy atom. The maximum absolute atomic E-state index is 14.8. The molecule has 0 aliphatic heterocycles. The van der Waals surface area contributed by atoms with E-state index in [0.29, 0.717) is 3.57 Å². The summed E-state index contributed by atoms with van der Waals surface area (Å²) in [7, 11) is -1.05. The Morgan fingerprint density at radius 2 is 1.85 bits per heavy atom. The van der Waals surface area contributed by atoms with Gasteiger partial charge in [0.1, 0.15) is 12.4 Å². The van der Waals surface area contributed by atoms with Crippen LogP contribution in [0.2, 0.25) is 13.1 Å². The van der Waals surface area contributed by atoms with Gasteiger partial charge in [0.2, 0.25) is 9.04 Å². The van der Waals surface area contributed by atoms with Crippen molar-refractivity contribution >= 4 is 55.2 Å². The number of hydrogen-bond acceptors (Lipinski definition) is 5. The van der Waals surface area contributed by atoms with Crippen LogP contribution in [-0.4, -0.2) is 33.9 Å². The molecule has 2 aromatic carbocycles. The second kappa shape index (κ2) is 11.4. The number of anilines is 2. The van der Waals surface area contributed by atoms with Gasteiger partial charge in [-0.15, -0.1) is 0 Å². The molecule has 0 aromatic heterocycles. The van der Waals surface area contributed by atoms with Crippen LogP contribution in [0, 0.1) is 26.4 Å². The van der Waals surface area contributed by atoms with Gasteiger partial charge in [0.05, 0.1) is 28.6 Å². The number of hydrogen-bond donors (Lipinski definition) is 2. The van der Waals surface area contributed by atoms with Crippen LogP contribution in [-0.2, 0) is 9.26 Å². The van der Waals surface area contributed by atoms with Gasteiger partial charge >= 0.3 is 0 Å². The van der Waals surface area contributed by atoms with E-state index in [9.17, 15) is 22.8 Å². The molecule has 0 saturated carbocycles. The molecule has 0 saturated heterocycles. The first-order valence-corrected chi connectivity index (χ1v) is 13.4. The average molecular weight is 593 g/mol. The highest BCUT2D eigenvalue weighted by molar-refractivity contribution is 14.1. The molecule has 0 spiro atoms. The molecular weight excluding hydrogens is 568 g/mol. The Balaban J connectivity index is 2.32. The number of halogens is 4. The number of carbonyl (C=O) groups excluding carboxylic acids is 2. The van der Waals surface area contributed by atoms with Crippen molar-refractivity contribution in [2.75, 3.05) is 11.9 Å². The van der Waals surface area contributed by atoms with Crippen LogP contribution in [0.3, 0.4) is 0 Å². The topological polar surface area (TPSA) is 76.7 Å². The summed E-state index contributed by atoms with van der Waals surface area (Å²) in [5, 5.41) is 2.41. The lowest BCUT2D eigenvalue weighted by atomic mass is 9.90. The van der Waals surface area contributed by atoms with Crippen LogP contribution >= 0.6 is 22.6 Å². The summed E-state index contributed by atoms with van der Waals surface area (Å²) >= 11 is 1.89. The number of hydroxylamine groups is 1. The van der Waals surface area contributed by atoms with E-state index in [2.05, 4.69) is 10.8 Å². The lowest BCUT2D eigenvalue weighted by Gasteiger charge is -2.31. The second-order valence-corrected chi connectivity index (χ2v) is 11.8. The standard InChI is InChI=1S/C22H25F3IN2O4Si/c1-22(2,3)17(32-33(4)5)11-31-28-21(30)14-8-12(10-29)18(24)19(25)20(14)27-16-7-6-13(26)9-15(16)23/h6-10,17,27H,11H2,1-5H3,(H,28,30). The summed E-state index contributed by atoms with van der Waals surface area (Å²) in [4.78, 5) is 29.2. The van der Waals surface area contributed by atoms with Crippen LogP contribution in [0.4, 0.5) is 24.5 Å². The van der Waals surface area contributed by atoms with E-state index in [1.807, 2.05) is 56.5 Å². The molecule has 0 heterocycles. The minimum atomic E-state index is -1.50. The fourth-order valence-corrected chi connectivity index (χ4v) is 4.19. The predicted molar refractivity (Wildman–Crippen MR) is 129 cm³/mol. The molecule has 33 heavy (non-hydrogen) atoms.